The van der Waals surface area contributed by atoms with Crippen LogP contribution >= 0.6 is 0 Å². The Morgan fingerprint density at radius 1 is 1.21 bits per heavy atom. The summed E-state index contributed by atoms with van der Waals surface area (Å²) in [5.41, 5.74) is 5.80. The largest absolute Gasteiger partial charge is 0.389 e. The maximum absolute atomic E-state index is 11.6. The standard InChI is InChI=1S/C12H10N6O6/c13-12(8-1-3-9(4-2-8)17(20)21)15-24-11(19)7-16-6-5-10(14-16)18(22)23/h1-6H,7H2,(H2,13,15). The molecule has 0 atom stereocenters. The van der Waals surface area contributed by atoms with E-state index in [4.69, 9.17) is 5.73 Å². The third kappa shape index (κ3) is 4.09. The first kappa shape index (κ1) is 16.5. The fraction of sp³-hybridized carbons (Fsp3) is 0.0833. The van der Waals surface area contributed by atoms with Crippen LogP contribution in [-0.4, -0.2) is 31.4 Å². The molecule has 124 valence electrons. The maximum atomic E-state index is 11.6. The number of carbonyl (C=O) groups excluding carboxylic acids is 1. The molecule has 0 saturated heterocycles. The van der Waals surface area contributed by atoms with Gasteiger partial charge in [-0.1, -0.05) is 5.16 Å². The Bertz CT molecular complexity index is 812. The van der Waals surface area contributed by atoms with Crippen LogP contribution in [0, 0.1) is 20.2 Å². The number of hydrogen-bond donors (Lipinski definition) is 1. The average Bonchev–Trinajstić information content (AvgIpc) is 3.01. The van der Waals surface area contributed by atoms with Crippen molar-refractivity contribution in [3.8, 4) is 0 Å². The number of nitro benzene ring substituents is 1. The summed E-state index contributed by atoms with van der Waals surface area (Å²) in [5, 5.41) is 28.0. The summed E-state index contributed by atoms with van der Waals surface area (Å²) in [5.74, 6) is -1.42. The number of aromatic nitrogens is 2. The van der Waals surface area contributed by atoms with Crippen molar-refractivity contribution in [3.05, 3.63) is 62.3 Å². The van der Waals surface area contributed by atoms with E-state index in [1.54, 1.807) is 0 Å². The molecule has 1 heterocycles. The van der Waals surface area contributed by atoms with Crippen molar-refractivity contribution in [2.24, 2.45) is 10.9 Å². The van der Waals surface area contributed by atoms with Crippen LogP contribution in [0.1, 0.15) is 5.56 Å². The van der Waals surface area contributed by atoms with Gasteiger partial charge in [0, 0.05) is 17.7 Å². The van der Waals surface area contributed by atoms with Gasteiger partial charge in [-0.2, -0.15) is 4.68 Å². The van der Waals surface area contributed by atoms with Crippen molar-refractivity contribution in [3.63, 3.8) is 0 Å². The van der Waals surface area contributed by atoms with Crippen LogP contribution in [0.2, 0.25) is 0 Å². The summed E-state index contributed by atoms with van der Waals surface area (Å²) >= 11 is 0. The van der Waals surface area contributed by atoms with Crippen LogP contribution in [-0.2, 0) is 16.2 Å². The van der Waals surface area contributed by atoms with E-state index >= 15 is 0 Å². The first-order valence-electron chi connectivity index (χ1n) is 6.33. The van der Waals surface area contributed by atoms with E-state index in [1.165, 1.54) is 30.5 Å². The number of carbonyl (C=O) groups is 1. The summed E-state index contributed by atoms with van der Waals surface area (Å²) < 4.78 is 1.01. The minimum Gasteiger partial charge on any atom is -0.380 e. The van der Waals surface area contributed by atoms with Crippen LogP contribution in [0.15, 0.2) is 41.7 Å². The van der Waals surface area contributed by atoms with Crippen LogP contribution < -0.4 is 5.73 Å². The highest BCUT2D eigenvalue weighted by Crippen LogP contribution is 2.11. The second kappa shape index (κ2) is 6.95. The van der Waals surface area contributed by atoms with Crippen molar-refractivity contribution < 1.29 is 19.5 Å². The second-order valence-corrected chi connectivity index (χ2v) is 4.37. The number of amidine groups is 1. The zero-order valence-corrected chi connectivity index (χ0v) is 11.9. The van der Waals surface area contributed by atoms with Crippen LogP contribution in [0.4, 0.5) is 11.5 Å². The van der Waals surface area contributed by atoms with Gasteiger partial charge in [0.05, 0.1) is 22.3 Å². The molecule has 0 aliphatic heterocycles. The quantitative estimate of drug-likeness (QED) is 0.262. The van der Waals surface area contributed by atoms with Gasteiger partial charge in [-0.25, -0.2) is 4.79 Å². The molecule has 2 N–H and O–H groups in total. The zero-order chi connectivity index (χ0) is 17.7. The molecule has 0 amide bonds. The molecule has 0 unspecified atom stereocenters. The lowest BCUT2D eigenvalue weighted by Gasteiger charge is -2.00. The van der Waals surface area contributed by atoms with Crippen LogP contribution in [0.25, 0.3) is 0 Å². The molecule has 0 fully saturated rings. The summed E-state index contributed by atoms with van der Waals surface area (Å²) in [6.07, 6.45) is 1.24. The van der Waals surface area contributed by atoms with Crippen molar-refractivity contribution in [1.29, 1.82) is 0 Å². The Labute approximate surface area is 133 Å². The first-order valence-corrected chi connectivity index (χ1v) is 6.33. The molecule has 0 bridgehead atoms. The molecule has 12 heteroatoms. The van der Waals surface area contributed by atoms with Gasteiger partial charge >= 0.3 is 11.8 Å². The Kier molecular flexibility index (Phi) is 4.79. The second-order valence-electron chi connectivity index (χ2n) is 4.37. The topological polar surface area (TPSA) is 169 Å². The fourth-order valence-electron chi connectivity index (χ4n) is 1.60. The van der Waals surface area contributed by atoms with Gasteiger partial charge in [0.2, 0.25) is 0 Å². The molecular formula is C12H10N6O6. The third-order valence-corrected chi connectivity index (χ3v) is 2.72. The Hall–Kier alpha value is -3.83. The van der Waals surface area contributed by atoms with E-state index in [1.807, 2.05) is 0 Å². The molecule has 24 heavy (non-hydrogen) atoms. The summed E-state index contributed by atoms with van der Waals surface area (Å²) in [4.78, 5) is 35.9. The average molecular weight is 334 g/mol. The van der Waals surface area contributed by atoms with E-state index in [9.17, 15) is 25.0 Å². The number of nitrogens with zero attached hydrogens (tertiary/aromatic N) is 5. The van der Waals surface area contributed by atoms with Gasteiger partial charge in [0.1, 0.15) is 0 Å². The van der Waals surface area contributed by atoms with E-state index in [2.05, 4.69) is 15.1 Å². The van der Waals surface area contributed by atoms with E-state index in [0.29, 0.717) is 5.56 Å². The number of hydrogen-bond acceptors (Lipinski definition) is 8. The highest BCUT2D eigenvalue weighted by Gasteiger charge is 2.14. The SMILES string of the molecule is N/C(=N\OC(=O)Cn1ccc([N+](=O)[O-])n1)c1ccc([N+](=O)[O-])cc1. The lowest BCUT2D eigenvalue weighted by molar-refractivity contribution is -0.389. The minimum absolute atomic E-state index is 0.121. The molecule has 0 saturated carbocycles. The van der Waals surface area contributed by atoms with E-state index in [0.717, 1.165) is 10.7 Å². The van der Waals surface area contributed by atoms with Gasteiger partial charge in [-0.05, 0) is 17.1 Å². The molecule has 0 radical (unpaired) electrons. The van der Waals surface area contributed by atoms with Crippen molar-refractivity contribution >= 4 is 23.3 Å². The molecule has 0 spiro atoms. The smallest absolute Gasteiger partial charge is 0.380 e. The maximum Gasteiger partial charge on any atom is 0.389 e. The predicted octanol–water partition coefficient (Wildman–Crippen LogP) is 0.563. The van der Waals surface area contributed by atoms with Crippen molar-refractivity contribution in [2.75, 3.05) is 0 Å². The van der Waals surface area contributed by atoms with Crippen molar-refractivity contribution in [2.45, 2.75) is 6.54 Å². The van der Waals surface area contributed by atoms with Gasteiger partial charge in [-0.15, -0.1) is 0 Å². The number of nitrogens with two attached hydrogens (primary N) is 1. The molecule has 12 nitrogen and oxygen atoms in total. The number of nitro groups is 2. The molecule has 1 aromatic heterocycles. The Morgan fingerprint density at radius 3 is 2.42 bits per heavy atom. The highest BCUT2D eigenvalue weighted by atomic mass is 16.7. The Morgan fingerprint density at radius 2 is 1.88 bits per heavy atom. The summed E-state index contributed by atoms with van der Waals surface area (Å²) in [7, 11) is 0. The van der Waals surface area contributed by atoms with Crippen LogP contribution in [0.5, 0.6) is 0 Å². The highest BCUT2D eigenvalue weighted by molar-refractivity contribution is 5.97. The molecular weight excluding hydrogens is 324 g/mol. The first-order chi connectivity index (χ1) is 11.4. The summed E-state index contributed by atoms with van der Waals surface area (Å²) in [6, 6.07) is 6.27. The molecule has 0 aliphatic carbocycles. The van der Waals surface area contributed by atoms with Crippen molar-refractivity contribution in [1.82, 2.24) is 9.78 Å². The predicted molar refractivity (Wildman–Crippen MR) is 78.8 cm³/mol. The number of non-ortho nitro benzene ring substituents is 1. The lowest BCUT2D eigenvalue weighted by atomic mass is 10.2. The normalized spacial score (nSPS) is 11.1. The molecule has 0 aliphatic rings. The monoisotopic (exact) mass is 334 g/mol. The molecule has 1 aromatic carbocycles. The third-order valence-electron chi connectivity index (χ3n) is 2.72. The number of benzene rings is 1. The van der Waals surface area contributed by atoms with Gasteiger partial charge < -0.3 is 20.7 Å². The Balaban J connectivity index is 1.96. The van der Waals surface area contributed by atoms with Gasteiger partial charge in [0.25, 0.3) is 5.69 Å². The summed E-state index contributed by atoms with van der Waals surface area (Å²) in [6.45, 7) is -0.398. The van der Waals surface area contributed by atoms with Crippen LogP contribution in [0.3, 0.4) is 0 Å². The lowest BCUT2D eigenvalue weighted by Crippen LogP contribution is -2.17. The number of oxime groups is 1. The fourth-order valence-corrected chi connectivity index (χ4v) is 1.60. The van der Waals surface area contributed by atoms with Gasteiger partial charge in [0.15, 0.2) is 12.4 Å². The van der Waals surface area contributed by atoms with E-state index in [-0.39, 0.29) is 11.5 Å². The molecule has 2 aromatic rings. The minimum atomic E-state index is -0.849. The zero-order valence-electron chi connectivity index (χ0n) is 11.9. The molecule has 2 rings (SSSR count). The number of rotatable bonds is 6. The van der Waals surface area contributed by atoms with E-state index < -0.39 is 28.2 Å². The van der Waals surface area contributed by atoms with Gasteiger partial charge in [-0.3, -0.25) is 10.1 Å².